The number of likely N-dealkylation sites (tertiary alicyclic amines) is 2. The van der Waals surface area contributed by atoms with Crippen LogP contribution in [-0.4, -0.2) is 46.4 Å². The minimum Gasteiger partial charge on any atom is -0.333 e. The van der Waals surface area contributed by atoms with Crippen LogP contribution in [0.25, 0.3) is 0 Å². The largest absolute Gasteiger partial charge is 0.333 e. The molecule has 1 atom stereocenters. The molecule has 1 amide bonds. The third-order valence-corrected chi connectivity index (χ3v) is 5.76. The van der Waals surface area contributed by atoms with Crippen molar-refractivity contribution in [3.8, 4) is 0 Å². The molecular formula is C16H25N3OS. The van der Waals surface area contributed by atoms with Gasteiger partial charge >= 0.3 is 0 Å². The molecule has 21 heavy (non-hydrogen) atoms. The molecule has 116 valence electrons. The molecular weight excluding hydrogens is 282 g/mol. The van der Waals surface area contributed by atoms with Gasteiger partial charge in [0.2, 0.25) is 5.91 Å². The van der Waals surface area contributed by atoms with Gasteiger partial charge in [0.1, 0.15) is 5.01 Å². The molecule has 5 heteroatoms. The van der Waals surface area contributed by atoms with Gasteiger partial charge in [-0.2, -0.15) is 0 Å². The summed E-state index contributed by atoms with van der Waals surface area (Å²) in [5.41, 5.74) is 0. The second kappa shape index (κ2) is 6.44. The average Bonchev–Trinajstić information content (AvgIpc) is 3.17. The first-order valence-corrected chi connectivity index (χ1v) is 8.98. The number of amides is 1. The fraction of sp³-hybridized carbons (Fsp3) is 0.750. The molecule has 0 unspecified atom stereocenters. The van der Waals surface area contributed by atoms with E-state index in [0.29, 0.717) is 11.9 Å². The monoisotopic (exact) mass is 307 g/mol. The minimum absolute atomic E-state index is 0.223. The molecule has 4 nitrogen and oxygen atoms in total. The van der Waals surface area contributed by atoms with Crippen LogP contribution in [0.3, 0.4) is 0 Å². The van der Waals surface area contributed by atoms with Crippen molar-refractivity contribution >= 4 is 17.2 Å². The summed E-state index contributed by atoms with van der Waals surface area (Å²) in [6.07, 6.45) is 6.06. The zero-order valence-electron chi connectivity index (χ0n) is 13.0. The van der Waals surface area contributed by atoms with Crippen molar-refractivity contribution in [1.82, 2.24) is 14.8 Å². The number of carbonyl (C=O) groups excluding carboxylic acids is 1. The van der Waals surface area contributed by atoms with Gasteiger partial charge in [-0.25, -0.2) is 4.98 Å². The highest BCUT2D eigenvalue weighted by molar-refractivity contribution is 7.09. The van der Waals surface area contributed by atoms with Crippen molar-refractivity contribution < 1.29 is 4.79 Å². The topological polar surface area (TPSA) is 36.4 Å². The normalized spacial score (nSPS) is 24.9. The number of hydrogen-bond acceptors (Lipinski definition) is 4. The Balaban J connectivity index is 1.63. The molecule has 0 N–H and O–H groups in total. The molecule has 2 aliphatic rings. The number of thiazole rings is 1. The Hall–Kier alpha value is -0.940. The summed E-state index contributed by atoms with van der Waals surface area (Å²) >= 11 is 1.68. The Morgan fingerprint density at radius 2 is 2.05 bits per heavy atom. The van der Waals surface area contributed by atoms with Gasteiger partial charge < -0.3 is 9.80 Å². The van der Waals surface area contributed by atoms with Gasteiger partial charge in [-0.05, 0) is 52.6 Å². The summed E-state index contributed by atoms with van der Waals surface area (Å²) in [5, 5.41) is 3.12. The summed E-state index contributed by atoms with van der Waals surface area (Å²) < 4.78 is 0. The first-order chi connectivity index (χ1) is 10.2. The number of nitrogens with zero attached hydrogens (tertiary/aromatic N) is 3. The second-order valence-corrected chi connectivity index (χ2v) is 7.39. The van der Waals surface area contributed by atoms with Crippen molar-refractivity contribution in [2.45, 2.75) is 51.6 Å². The van der Waals surface area contributed by atoms with Crippen LogP contribution in [0.15, 0.2) is 11.6 Å². The SMILES string of the molecule is CC(C)N1CCC(C(=O)N2CCC[C@H]2c2nccs2)CC1. The zero-order valence-corrected chi connectivity index (χ0v) is 13.8. The molecule has 0 spiro atoms. The first kappa shape index (κ1) is 15.0. The van der Waals surface area contributed by atoms with Gasteiger partial charge in [-0.1, -0.05) is 0 Å². The molecule has 2 fully saturated rings. The smallest absolute Gasteiger partial charge is 0.226 e. The highest BCUT2D eigenvalue weighted by Gasteiger charge is 2.36. The predicted molar refractivity (Wildman–Crippen MR) is 85.2 cm³/mol. The van der Waals surface area contributed by atoms with Crippen LogP contribution in [0.2, 0.25) is 0 Å². The number of aromatic nitrogens is 1. The number of carbonyl (C=O) groups is 1. The van der Waals surface area contributed by atoms with Crippen LogP contribution < -0.4 is 0 Å². The maximum Gasteiger partial charge on any atom is 0.226 e. The van der Waals surface area contributed by atoms with E-state index in [0.717, 1.165) is 50.3 Å². The van der Waals surface area contributed by atoms with Crippen molar-refractivity contribution in [2.75, 3.05) is 19.6 Å². The quantitative estimate of drug-likeness (QED) is 0.861. The average molecular weight is 307 g/mol. The van der Waals surface area contributed by atoms with Crippen LogP contribution in [0.1, 0.15) is 50.6 Å². The number of piperidine rings is 1. The zero-order chi connectivity index (χ0) is 14.8. The van der Waals surface area contributed by atoms with Crippen LogP contribution in [0.4, 0.5) is 0 Å². The predicted octanol–water partition coefficient (Wildman–Crippen LogP) is 2.93. The van der Waals surface area contributed by atoms with Gasteiger partial charge in [-0.15, -0.1) is 11.3 Å². The molecule has 1 aromatic rings. The van der Waals surface area contributed by atoms with Crippen LogP contribution >= 0.6 is 11.3 Å². The molecule has 0 bridgehead atoms. The summed E-state index contributed by atoms with van der Waals surface area (Å²) in [6, 6.07) is 0.830. The van der Waals surface area contributed by atoms with E-state index in [4.69, 9.17) is 0 Å². The lowest BCUT2D eigenvalue weighted by molar-refractivity contribution is -0.138. The molecule has 0 aromatic carbocycles. The molecule has 2 aliphatic heterocycles. The second-order valence-electron chi connectivity index (χ2n) is 6.46. The molecule has 3 heterocycles. The van der Waals surface area contributed by atoms with E-state index in [-0.39, 0.29) is 12.0 Å². The fourth-order valence-corrected chi connectivity index (χ4v) is 4.37. The Kier molecular flexibility index (Phi) is 4.60. The maximum atomic E-state index is 12.9. The van der Waals surface area contributed by atoms with Crippen molar-refractivity contribution in [1.29, 1.82) is 0 Å². The van der Waals surface area contributed by atoms with Gasteiger partial charge in [0, 0.05) is 30.1 Å². The Morgan fingerprint density at radius 1 is 1.29 bits per heavy atom. The van der Waals surface area contributed by atoms with E-state index >= 15 is 0 Å². The Bertz CT molecular complexity index is 466. The number of hydrogen-bond donors (Lipinski definition) is 0. The summed E-state index contributed by atoms with van der Waals surface area (Å²) in [7, 11) is 0. The lowest BCUT2D eigenvalue weighted by Gasteiger charge is -2.36. The van der Waals surface area contributed by atoms with E-state index in [1.807, 2.05) is 11.6 Å². The van der Waals surface area contributed by atoms with Gasteiger partial charge in [0.05, 0.1) is 6.04 Å². The summed E-state index contributed by atoms with van der Waals surface area (Å²) in [5.74, 6) is 0.594. The molecule has 3 rings (SSSR count). The standard InChI is InChI=1S/C16H25N3OS/c1-12(2)18-9-5-13(6-10-18)16(20)19-8-3-4-14(19)15-17-7-11-21-15/h7,11-14H,3-6,8-10H2,1-2H3/t14-/m0/s1. The highest BCUT2D eigenvalue weighted by Crippen LogP contribution is 2.35. The van der Waals surface area contributed by atoms with E-state index in [2.05, 4.69) is 28.6 Å². The maximum absolute atomic E-state index is 12.9. The molecule has 1 aromatic heterocycles. The Morgan fingerprint density at radius 3 is 2.67 bits per heavy atom. The highest BCUT2D eigenvalue weighted by atomic mass is 32.1. The summed E-state index contributed by atoms with van der Waals surface area (Å²) in [6.45, 7) is 7.50. The van der Waals surface area contributed by atoms with Crippen LogP contribution in [0.5, 0.6) is 0 Å². The lowest BCUT2D eigenvalue weighted by atomic mass is 9.94. The van der Waals surface area contributed by atoms with Crippen molar-refractivity contribution in [3.05, 3.63) is 16.6 Å². The molecule has 2 saturated heterocycles. The Labute approximate surface area is 131 Å². The minimum atomic E-state index is 0.223. The van der Waals surface area contributed by atoms with Crippen LogP contribution in [-0.2, 0) is 4.79 Å². The fourth-order valence-electron chi connectivity index (χ4n) is 3.58. The van der Waals surface area contributed by atoms with E-state index in [1.165, 1.54) is 0 Å². The third-order valence-electron chi connectivity index (χ3n) is 4.88. The number of rotatable bonds is 3. The van der Waals surface area contributed by atoms with Crippen molar-refractivity contribution in [2.24, 2.45) is 5.92 Å². The van der Waals surface area contributed by atoms with E-state index < -0.39 is 0 Å². The molecule has 0 aliphatic carbocycles. The molecule has 0 saturated carbocycles. The third kappa shape index (κ3) is 3.14. The van der Waals surface area contributed by atoms with Gasteiger partial charge in [0.25, 0.3) is 0 Å². The van der Waals surface area contributed by atoms with E-state index in [9.17, 15) is 4.79 Å². The lowest BCUT2D eigenvalue weighted by Crippen LogP contribution is -2.44. The van der Waals surface area contributed by atoms with Gasteiger partial charge in [0.15, 0.2) is 0 Å². The van der Waals surface area contributed by atoms with E-state index in [1.54, 1.807) is 11.3 Å². The van der Waals surface area contributed by atoms with Crippen LogP contribution in [0, 0.1) is 5.92 Å². The summed E-state index contributed by atoms with van der Waals surface area (Å²) in [4.78, 5) is 21.9. The van der Waals surface area contributed by atoms with Crippen molar-refractivity contribution in [3.63, 3.8) is 0 Å². The van der Waals surface area contributed by atoms with Gasteiger partial charge in [-0.3, -0.25) is 4.79 Å². The first-order valence-electron chi connectivity index (χ1n) is 8.10. The molecule has 0 radical (unpaired) electrons.